The number of benzene rings is 9. The van der Waals surface area contributed by atoms with Crippen LogP contribution in [0.4, 0.5) is 0 Å². The molecule has 0 atom stereocenters. The van der Waals surface area contributed by atoms with Crippen LogP contribution in [0.5, 0.6) is 0 Å². The Morgan fingerprint density at radius 3 is 1.39 bits per heavy atom. The molecule has 4 nitrogen and oxygen atoms in total. The highest BCUT2D eigenvalue weighted by atomic mass is 32.1. The van der Waals surface area contributed by atoms with E-state index in [1.54, 1.807) is 0 Å². The number of thiophene rings is 1. The van der Waals surface area contributed by atoms with Gasteiger partial charge in [-0.2, -0.15) is 0 Å². The number of aromatic nitrogens is 4. The lowest BCUT2D eigenvalue weighted by Gasteiger charge is -2.13. The van der Waals surface area contributed by atoms with Crippen molar-refractivity contribution < 1.29 is 0 Å². The molecule has 260 valence electrons. The van der Waals surface area contributed by atoms with Crippen molar-refractivity contribution in [2.24, 2.45) is 0 Å². The second kappa shape index (κ2) is 12.2. The Hall–Kier alpha value is -7.21. The van der Waals surface area contributed by atoms with E-state index < -0.39 is 0 Å². The molecule has 0 aliphatic heterocycles. The second-order valence-electron chi connectivity index (χ2n) is 14.4. The standard InChI is InChI=1S/C51H30N4S/c1-3-13-33-27-35(23-21-31(33)11-1)49-52-50(36-24-22-32-12-2-4-14-34(32)28-36)54-51(53-49)37-25-26-42-46(29-37)56-47-30-45(40-17-5-6-18-41(40)48(42)47)55-43-19-9-7-15-38(43)39-16-8-10-20-44(39)55/h1-30H. The highest BCUT2D eigenvalue weighted by Crippen LogP contribution is 2.44. The van der Waals surface area contributed by atoms with Crippen LogP contribution in [0.2, 0.25) is 0 Å². The van der Waals surface area contributed by atoms with Crippen molar-refractivity contribution in [3.8, 4) is 39.9 Å². The monoisotopic (exact) mass is 730 g/mol. The van der Waals surface area contributed by atoms with Gasteiger partial charge in [-0.15, -0.1) is 11.3 Å². The number of hydrogen-bond acceptors (Lipinski definition) is 4. The van der Waals surface area contributed by atoms with Crippen molar-refractivity contribution in [1.29, 1.82) is 0 Å². The maximum atomic E-state index is 5.16. The molecule has 0 fully saturated rings. The second-order valence-corrected chi connectivity index (χ2v) is 15.5. The van der Waals surface area contributed by atoms with E-state index in [9.17, 15) is 0 Å². The van der Waals surface area contributed by atoms with Gasteiger partial charge in [0.1, 0.15) is 0 Å². The summed E-state index contributed by atoms with van der Waals surface area (Å²) in [6.45, 7) is 0. The van der Waals surface area contributed by atoms with Crippen molar-refractivity contribution in [2.45, 2.75) is 0 Å². The highest BCUT2D eigenvalue weighted by Gasteiger charge is 2.19. The van der Waals surface area contributed by atoms with Gasteiger partial charge in [0, 0.05) is 53.0 Å². The third-order valence-electron chi connectivity index (χ3n) is 11.2. The number of rotatable bonds is 4. The predicted octanol–water partition coefficient (Wildman–Crippen LogP) is 13.8. The minimum Gasteiger partial charge on any atom is -0.309 e. The smallest absolute Gasteiger partial charge is 0.164 e. The molecule has 0 saturated carbocycles. The molecule has 0 unspecified atom stereocenters. The molecule has 0 radical (unpaired) electrons. The predicted molar refractivity (Wildman–Crippen MR) is 236 cm³/mol. The zero-order chi connectivity index (χ0) is 36.7. The molecule has 56 heavy (non-hydrogen) atoms. The zero-order valence-corrected chi connectivity index (χ0v) is 30.8. The third-order valence-corrected chi connectivity index (χ3v) is 12.3. The van der Waals surface area contributed by atoms with Gasteiger partial charge in [-0.25, -0.2) is 15.0 Å². The van der Waals surface area contributed by atoms with E-state index >= 15 is 0 Å². The van der Waals surface area contributed by atoms with Crippen molar-refractivity contribution in [3.63, 3.8) is 0 Å². The van der Waals surface area contributed by atoms with E-state index in [0.717, 1.165) is 27.5 Å². The van der Waals surface area contributed by atoms with Gasteiger partial charge < -0.3 is 4.57 Å². The fourth-order valence-corrected chi connectivity index (χ4v) is 9.74. The Kier molecular flexibility index (Phi) is 6.76. The maximum absolute atomic E-state index is 5.16. The first-order valence-electron chi connectivity index (χ1n) is 18.8. The van der Waals surface area contributed by atoms with E-state index in [1.165, 1.54) is 69.2 Å². The first-order valence-corrected chi connectivity index (χ1v) is 19.7. The lowest BCUT2D eigenvalue weighted by molar-refractivity contribution is 1.08. The Morgan fingerprint density at radius 1 is 0.339 bits per heavy atom. The van der Waals surface area contributed by atoms with E-state index in [0.29, 0.717) is 17.5 Å². The molecule has 0 saturated heterocycles. The summed E-state index contributed by atoms with van der Waals surface area (Å²) >= 11 is 1.83. The normalized spacial score (nSPS) is 11.9. The minimum atomic E-state index is 0.654. The van der Waals surface area contributed by atoms with Crippen LogP contribution in [0, 0.1) is 0 Å². The van der Waals surface area contributed by atoms with Gasteiger partial charge >= 0.3 is 0 Å². The third kappa shape index (κ3) is 4.81. The lowest BCUT2D eigenvalue weighted by atomic mass is 10.0. The Bertz CT molecular complexity index is 3410. The van der Waals surface area contributed by atoms with Gasteiger partial charge in [0.15, 0.2) is 17.5 Å². The largest absolute Gasteiger partial charge is 0.309 e. The highest BCUT2D eigenvalue weighted by molar-refractivity contribution is 7.26. The first-order chi connectivity index (χ1) is 27.7. The Morgan fingerprint density at radius 2 is 0.804 bits per heavy atom. The van der Waals surface area contributed by atoms with E-state index in [2.05, 4.69) is 187 Å². The van der Waals surface area contributed by atoms with Crippen LogP contribution in [-0.4, -0.2) is 19.5 Å². The van der Waals surface area contributed by atoms with Gasteiger partial charge in [-0.05, 0) is 63.3 Å². The first kappa shape index (κ1) is 31.2. The van der Waals surface area contributed by atoms with Gasteiger partial charge in [0.2, 0.25) is 0 Å². The summed E-state index contributed by atoms with van der Waals surface area (Å²) in [4.78, 5) is 15.4. The van der Waals surface area contributed by atoms with Gasteiger partial charge in [-0.3, -0.25) is 0 Å². The molecule has 9 aromatic carbocycles. The fourth-order valence-electron chi connectivity index (χ4n) is 8.55. The number of fused-ring (bicyclic) bond motifs is 10. The van der Waals surface area contributed by atoms with Crippen LogP contribution in [-0.2, 0) is 0 Å². The molecule has 0 spiro atoms. The summed E-state index contributed by atoms with van der Waals surface area (Å²) in [5.74, 6) is 1.96. The summed E-state index contributed by atoms with van der Waals surface area (Å²) < 4.78 is 4.88. The average molecular weight is 731 g/mol. The van der Waals surface area contributed by atoms with Crippen LogP contribution in [0.15, 0.2) is 182 Å². The molecule has 0 aliphatic rings. The molecule has 3 aromatic heterocycles. The van der Waals surface area contributed by atoms with Gasteiger partial charge in [-0.1, -0.05) is 146 Å². The average Bonchev–Trinajstić information content (AvgIpc) is 3.81. The Labute approximate surface area is 325 Å². The summed E-state index contributed by atoms with van der Waals surface area (Å²) in [6, 6.07) is 65.1. The SMILES string of the molecule is c1ccc2cc(-c3nc(-c4ccc5ccccc5c4)nc(-c4ccc5c(c4)sc4cc(-n6c7ccccc7c7ccccc76)c6ccccc6c45)n3)ccc2c1. The molecule has 0 aliphatic carbocycles. The van der Waals surface area contributed by atoms with Crippen LogP contribution in [0.3, 0.4) is 0 Å². The summed E-state index contributed by atoms with van der Waals surface area (Å²) in [5, 5.41) is 12.2. The van der Waals surface area contributed by atoms with Crippen molar-refractivity contribution >= 4 is 85.6 Å². The summed E-state index contributed by atoms with van der Waals surface area (Å²) in [5.41, 5.74) is 6.49. The van der Waals surface area contributed by atoms with Crippen LogP contribution in [0.1, 0.15) is 0 Å². The molecular weight excluding hydrogens is 701 g/mol. The van der Waals surface area contributed by atoms with E-state index in [4.69, 9.17) is 15.0 Å². The quantitative estimate of drug-likeness (QED) is 0.181. The molecule has 5 heteroatoms. The number of nitrogens with zero attached hydrogens (tertiary/aromatic N) is 4. The number of para-hydroxylation sites is 2. The molecular formula is C51H30N4S. The lowest BCUT2D eigenvalue weighted by Crippen LogP contribution is -2.00. The van der Waals surface area contributed by atoms with Crippen molar-refractivity contribution in [3.05, 3.63) is 182 Å². The van der Waals surface area contributed by atoms with Gasteiger partial charge in [0.05, 0.1) is 16.7 Å². The van der Waals surface area contributed by atoms with Crippen LogP contribution in [0.25, 0.3) is 114 Å². The maximum Gasteiger partial charge on any atom is 0.164 e. The van der Waals surface area contributed by atoms with E-state index in [1.807, 2.05) is 11.3 Å². The number of hydrogen-bond donors (Lipinski definition) is 0. The summed E-state index contributed by atoms with van der Waals surface area (Å²) in [7, 11) is 0. The minimum absolute atomic E-state index is 0.654. The molecule has 0 amide bonds. The fraction of sp³-hybridized carbons (Fsp3) is 0. The molecule has 0 bridgehead atoms. The summed E-state index contributed by atoms with van der Waals surface area (Å²) in [6.07, 6.45) is 0. The van der Waals surface area contributed by atoms with Crippen LogP contribution >= 0.6 is 11.3 Å². The van der Waals surface area contributed by atoms with Crippen LogP contribution < -0.4 is 0 Å². The Balaban J connectivity index is 1.07. The van der Waals surface area contributed by atoms with Crippen molar-refractivity contribution in [2.75, 3.05) is 0 Å². The van der Waals surface area contributed by atoms with Gasteiger partial charge in [0.25, 0.3) is 0 Å². The molecule has 12 rings (SSSR count). The zero-order valence-electron chi connectivity index (χ0n) is 30.0. The molecule has 3 heterocycles. The topological polar surface area (TPSA) is 43.6 Å². The molecule has 12 aromatic rings. The molecule has 0 N–H and O–H groups in total. The van der Waals surface area contributed by atoms with Crippen molar-refractivity contribution in [1.82, 2.24) is 19.5 Å². The van der Waals surface area contributed by atoms with E-state index in [-0.39, 0.29) is 0 Å².